The number of carbonyl (C=O) groups is 2. The number of benzene rings is 5. The van der Waals surface area contributed by atoms with Crippen LogP contribution in [0.5, 0.6) is 5.75 Å². The van der Waals surface area contributed by atoms with Crippen molar-refractivity contribution < 1.29 is 37.3 Å². The number of alkyl halides is 3. The van der Waals surface area contributed by atoms with Crippen LogP contribution in [0, 0.1) is 5.92 Å². The Morgan fingerprint density at radius 1 is 0.735 bits per heavy atom. The molecule has 0 fully saturated rings. The molecule has 0 aromatic heterocycles. The van der Waals surface area contributed by atoms with E-state index in [0.717, 1.165) is 59.2 Å². The van der Waals surface area contributed by atoms with Crippen LogP contribution in [0.15, 0.2) is 127 Å². The summed E-state index contributed by atoms with van der Waals surface area (Å²) in [5, 5.41) is 9.24. The predicted octanol–water partition coefficient (Wildman–Crippen LogP) is 9.94. The van der Waals surface area contributed by atoms with Gasteiger partial charge in [0, 0.05) is 5.56 Å². The number of carboxylic acids is 1. The highest BCUT2D eigenvalue weighted by molar-refractivity contribution is 5.89. The molecule has 8 heteroatoms. The summed E-state index contributed by atoms with van der Waals surface area (Å²) >= 11 is 0. The van der Waals surface area contributed by atoms with Gasteiger partial charge in [-0.3, -0.25) is 0 Å². The molecule has 0 saturated carbocycles. The number of allylic oxidation sites excluding steroid dienone is 1. The lowest BCUT2D eigenvalue weighted by molar-refractivity contribution is -0.137. The molecule has 5 aromatic carbocycles. The molecule has 0 aliphatic heterocycles. The Balaban J connectivity index is 1.27. The van der Waals surface area contributed by atoms with Crippen LogP contribution in [0.1, 0.15) is 55.0 Å². The normalized spacial score (nSPS) is 12.1. The monoisotopic (exact) mass is 664 g/mol. The van der Waals surface area contributed by atoms with E-state index in [1.807, 2.05) is 78.9 Å². The maximum atomic E-state index is 12.9. The van der Waals surface area contributed by atoms with Crippen LogP contribution in [-0.4, -0.2) is 24.2 Å². The molecule has 0 spiro atoms. The number of hydrogen-bond donors (Lipinski definition) is 1. The van der Waals surface area contributed by atoms with Gasteiger partial charge in [-0.25, -0.2) is 9.59 Å². The van der Waals surface area contributed by atoms with Crippen molar-refractivity contribution in [3.8, 4) is 16.9 Å². The molecule has 0 bridgehead atoms. The van der Waals surface area contributed by atoms with Crippen molar-refractivity contribution in [2.75, 3.05) is 7.11 Å². The number of para-hydroxylation sites is 1. The molecule has 5 nitrogen and oxygen atoms in total. The van der Waals surface area contributed by atoms with E-state index in [1.54, 1.807) is 24.3 Å². The summed E-state index contributed by atoms with van der Waals surface area (Å²) < 4.78 is 49.8. The van der Waals surface area contributed by atoms with Crippen molar-refractivity contribution in [2.24, 2.45) is 5.92 Å². The van der Waals surface area contributed by atoms with Crippen molar-refractivity contribution in [1.82, 2.24) is 0 Å². The highest BCUT2D eigenvalue weighted by Gasteiger charge is 2.30. The number of rotatable bonds is 13. The first-order chi connectivity index (χ1) is 23.6. The van der Waals surface area contributed by atoms with Crippen molar-refractivity contribution in [1.29, 1.82) is 0 Å². The topological polar surface area (TPSA) is 72.8 Å². The molecule has 5 aromatic rings. The second kappa shape index (κ2) is 16.0. The summed E-state index contributed by atoms with van der Waals surface area (Å²) in [5.74, 6) is -0.525. The number of aryl methyl sites for hydroxylation is 1. The summed E-state index contributed by atoms with van der Waals surface area (Å²) in [4.78, 5) is 23.2. The largest absolute Gasteiger partial charge is 0.488 e. The summed E-state index contributed by atoms with van der Waals surface area (Å²) in [6.07, 6.45) is 2.10. The molecule has 250 valence electrons. The Hall–Kier alpha value is -5.63. The maximum absolute atomic E-state index is 12.9. The first kappa shape index (κ1) is 34.7. The quantitative estimate of drug-likeness (QED) is 0.127. The van der Waals surface area contributed by atoms with Gasteiger partial charge in [0.1, 0.15) is 12.4 Å². The lowest BCUT2D eigenvalue weighted by Crippen LogP contribution is -2.05. The number of carboxylic acid groups (broad SMARTS) is 1. The minimum atomic E-state index is -4.37. The second-order valence-electron chi connectivity index (χ2n) is 11.7. The molecule has 0 amide bonds. The fourth-order valence-electron chi connectivity index (χ4n) is 5.43. The molecular weight excluding hydrogens is 629 g/mol. The number of methoxy groups -OCH3 is 1. The number of ether oxygens (including phenoxy) is 2. The molecule has 1 unspecified atom stereocenters. The van der Waals surface area contributed by atoms with E-state index in [1.165, 1.54) is 19.2 Å². The van der Waals surface area contributed by atoms with Crippen LogP contribution in [0.3, 0.4) is 0 Å². The Kier molecular flexibility index (Phi) is 11.3. The molecule has 1 N–H and O–H groups in total. The van der Waals surface area contributed by atoms with Crippen molar-refractivity contribution >= 4 is 18.0 Å². The van der Waals surface area contributed by atoms with E-state index in [9.17, 15) is 27.9 Å². The lowest BCUT2D eigenvalue weighted by Gasteiger charge is -2.15. The summed E-state index contributed by atoms with van der Waals surface area (Å²) in [6, 6.07) is 34.6. The first-order valence-corrected chi connectivity index (χ1v) is 15.7. The van der Waals surface area contributed by atoms with Gasteiger partial charge in [0.25, 0.3) is 0 Å². The van der Waals surface area contributed by atoms with Gasteiger partial charge in [0.15, 0.2) is 0 Å². The number of carbonyl (C=O) groups excluding carboxylic acids is 1. The average molecular weight is 665 g/mol. The molecule has 0 aliphatic carbocycles. The lowest BCUT2D eigenvalue weighted by atomic mass is 9.91. The minimum Gasteiger partial charge on any atom is -0.488 e. The molecule has 0 aliphatic rings. The molecule has 0 saturated heterocycles. The van der Waals surface area contributed by atoms with Gasteiger partial charge in [-0.1, -0.05) is 91.0 Å². The van der Waals surface area contributed by atoms with E-state index >= 15 is 0 Å². The van der Waals surface area contributed by atoms with Crippen LogP contribution < -0.4 is 4.74 Å². The highest BCUT2D eigenvalue weighted by atomic mass is 19.4. The van der Waals surface area contributed by atoms with Crippen LogP contribution >= 0.6 is 0 Å². The molecule has 5 rings (SSSR count). The predicted molar refractivity (Wildman–Crippen MR) is 183 cm³/mol. The zero-order valence-corrected chi connectivity index (χ0v) is 26.8. The van der Waals surface area contributed by atoms with Crippen LogP contribution in [0.2, 0.25) is 0 Å². The molecule has 49 heavy (non-hydrogen) atoms. The van der Waals surface area contributed by atoms with Gasteiger partial charge in [0.05, 0.1) is 23.8 Å². The molecule has 0 heterocycles. The smallest absolute Gasteiger partial charge is 0.416 e. The fraction of sp³-hybridized carbons (Fsp3) is 0.171. The van der Waals surface area contributed by atoms with Crippen molar-refractivity contribution in [2.45, 2.75) is 32.0 Å². The van der Waals surface area contributed by atoms with Crippen molar-refractivity contribution in [3.05, 3.63) is 166 Å². The van der Waals surface area contributed by atoms with Crippen LogP contribution in [0.25, 0.3) is 17.2 Å². The van der Waals surface area contributed by atoms with E-state index in [4.69, 9.17) is 9.47 Å². The summed E-state index contributed by atoms with van der Waals surface area (Å²) in [6.45, 7) is 0.306. The Morgan fingerprint density at radius 3 is 1.92 bits per heavy atom. The number of esters is 1. The van der Waals surface area contributed by atoms with Gasteiger partial charge >= 0.3 is 18.1 Å². The van der Waals surface area contributed by atoms with Gasteiger partial charge < -0.3 is 14.6 Å². The van der Waals surface area contributed by atoms with Gasteiger partial charge in [-0.2, -0.15) is 13.2 Å². The molecular formula is C41H35F3O5. The van der Waals surface area contributed by atoms with E-state index in [0.29, 0.717) is 23.5 Å². The standard InChI is InChI=1S/C41H35F3O5/c1-48-40(47)36-20-11-30(12-21-36)26-29(7-6-28-8-18-35(19-9-28)39(45)46)10-17-34-4-2-3-5-38(34)49-27-31-13-15-32(16-14-31)33-22-24-37(25-23-33)41(42,43)44/h2-5,8-25,29H,6-7,26-27H2,1H3,(H,45,46). The fourth-order valence-corrected chi connectivity index (χ4v) is 5.43. The third-order valence-electron chi connectivity index (χ3n) is 8.24. The van der Waals surface area contributed by atoms with Crippen molar-refractivity contribution in [3.63, 3.8) is 0 Å². The zero-order chi connectivity index (χ0) is 34.8. The summed E-state index contributed by atoms with van der Waals surface area (Å²) in [7, 11) is 1.35. The van der Waals surface area contributed by atoms with E-state index in [2.05, 4.69) is 6.08 Å². The van der Waals surface area contributed by atoms with Gasteiger partial charge in [-0.15, -0.1) is 0 Å². The number of halogens is 3. The first-order valence-electron chi connectivity index (χ1n) is 15.7. The highest BCUT2D eigenvalue weighted by Crippen LogP contribution is 2.31. The molecule has 0 radical (unpaired) electrons. The summed E-state index contributed by atoms with van der Waals surface area (Å²) in [5.41, 5.74) is 5.48. The second-order valence-corrected chi connectivity index (χ2v) is 11.7. The third kappa shape index (κ3) is 9.70. The van der Waals surface area contributed by atoms with Gasteiger partial charge in [0.2, 0.25) is 0 Å². The SMILES string of the molecule is COC(=O)c1ccc(CC(C=Cc2ccccc2OCc2ccc(-c3ccc(C(F)(F)F)cc3)cc2)CCc2ccc(C(=O)O)cc2)cc1. The van der Waals surface area contributed by atoms with E-state index < -0.39 is 17.7 Å². The van der Waals surface area contributed by atoms with Gasteiger partial charge in [-0.05, 0) is 95.5 Å². The Labute approximate surface area is 283 Å². The number of aromatic carboxylic acids is 1. The minimum absolute atomic E-state index is 0.119. The van der Waals surface area contributed by atoms with Crippen LogP contribution in [-0.2, 0) is 30.4 Å². The Morgan fingerprint density at radius 2 is 1.31 bits per heavy atom. The maximum Gasteiger partial charge on any atom is 0.416 e. The zero-order valence-electron chi connectivity index (χ0n) is 26.8. The van der Waals surface area contributed by atoms with Crippen LogP contribution in [0.4, 0.5) is 13.2 Å². The average Bonchev–Trinajstić information content (AvgIpc) is 3.12. The number of hydrogen-bond acceptors (Lipinski definition) is 4. The molecule has 1 atom stereocenters. The Bertz CT molecular complexity index is 1880. The van der Waals surface area contributed by atoms with E-state index in [-0.39, 0.29) is 17.5 Å². The third-order valence-corrected chi connectivity index (χ3v) is 8.24.